The summed E-state index contributed by atoms with van der Waals surface area (Å²) in [5, 5.41) is 5.65. The maximum atomic E-state index is 12.9. The van der Waals surface area contributed by atoms with Gasteiger partial charge in [0.15, 0.2) is 19.5 Å². The van der Waals surface area contributed by atoms with Crippen molar-refractivity contribution in [1.82, 2.24) is 30.2 Å². The predicted octanol–water partition coefficient (Wildman–Crippen LogP) is 2.45. The maximum absolute atomic E-state index is 12.9. The third kappa shape index (κ3) is 8.06. The molecule has 13 heteroatoms. The second-order valence-corrected chi connectivity index (χ2v) is 15.7. The molecule has 0 unspecified atom stereocenters. The molecular formula is C22H39N7O5Si. The minimum Gasteiger partial charge on any atom is -0.479 e. The van der Waals surface area contributed by atoms with E-state index in [-0.39, 0.29) is 42.5 Å². The average molecular weight is 510 g/mol. The lowest BCUT2D eigenvalue weighted by atomic mass is 10.2. The van der Waals surface area contributed by atoms with Gasteiger partial charge in [0.05, 0.1) is 26.1 Å². The van der Waals surface area contributed by atoms with E-state index in [4.69, 9.17) is 19.6 Å². The van der Waals surface area contributed by atoms with Gasteiger partial charge in [-0.1, -0.05) is 20.8 Å². The van der Waals surface area contributed by atoms with Crippen LogP contribution in [-0.4, -0.2) is 71.7 Å². The van der Waals surface area contributed by atoms with Gasteiger partial charge < -0.3 is 34.8 Å². The fourth-order valence-corrected chi connectivity index (χ4v) is 3.87. The minimum absolute atomic E-state index is 0.00539. The maximum Gasteiger partial charge on any atom is 0.407 e. The van der Waals surface area contributed by atoms with Crippen LogP contribution in [0.2, 0.25) is 18.1 Å². The number of ether oxygens (including phenoxy) is 2. The molecule has 196 valence electrons. The van der Waals surface area contributed by atoms with Crippen molar-refractivity contribution >= 4 is 37.4 Å². The summed E-state index contributed by atoms with van der Waals surface area (Å²) < 4.78 is 18.4. The highest BCUT2D eigenvalue weighted by Crippen LogP contribution is 2.36. The minimum atomic E-state index is -2.08. The second kappa shape index (κ2) is 10.8. The fourth-order valence-electron chi connectivity index (χ4n) is 2.82. The number of carbonyl (C=O) groups is 2. The first-order valence-electron chi connectivity index (χ1n) is 11.4. The molecule has 0 aromatic carbocycles. The van der Waals surface area contributed by atoms with Crippen molar-refractivity contribution in [2.75, 3.05) is 26.0 Å². The summed E-state index contributed by atoms with van der Waals surface area (Å²) in [6.45, 7) is 16.3. The first-order chi connectivity index (χ1) is 16.0. The van der Waals surface area contributed by atoms with E-state index >= 15 is 0 Å². The monoisotopic (exact) mass is 509 g/mol. The Kier molecular flexibility index (Phi) is 8.71. The zero-order valence-electron chi connectivity index (χ0n) is 22.2. The molecule has 0 aliphatic carbocycles. The Morgan fingerprint density at radius 2 is 1.83 bits per heavy atom. The average Bonchev–Trinajstić information content (AvgIpc) is 3.09. The van der Waals surface area contributed by atoms with E-state index in [1.54, 1.807) is 25.3 Å². The van der Waals surface area contributed by atoms with Gasteiger partial charge in [-0.3, -0.25) is 4.79 Å². The lowest BCUT2D eigenvalue weighted by Crippen LogP contribution is -2.51. The summed E-state index contributed by atoms with van der Waals surface area (Å²) >= 11 is 0. The van der Waals surface area contributed by atoms with Gasteiger partial charge in [0.2, 0.25) is 17.7 Å². The van der Waals surface area contributed by atoms with Gasteiger partial charge in [-0.25, -0.2) is 9.78 Å². The molecule has 0 saturated heterocycles. The Labute approximate surface area is 207 Å². The molecule has 4 N–H and O–H groups in total. The summed E-state index contributed by atoms with van der Waals surface area (Å²) in [4.78, 5) is 37.5. The van der Waals surface area contributed by atoms with E-state index < -0.39 is 26.1 Å². The summed E-state index contributed by atoms with van der Waals surface area (Å²) in [5.74, 6) is -0.0668. The molecule has 0 spiro atoms. The van der Waals surface area contributed by atoms with Gasteiger partial charge in [-0.15, -0.1) is 0 Å². The van der Waals surface area contributed by atoms with Crippen molar-refractivity contribution < 1.29 is 23.5 Å². The van der Waals surface area contributed by atoms with Gasteiger partial charge in [-0.2, -0.15) is 9.97 Å². The van der Waals surface area contributed by atoms with Crippen LogP contribution in [-0.2, 0) is 20.5 Å². The van der Waals surface area contributed by atoms with E-state index in [1.165, 1.54) is 13.4 Å². The van der Waals surface area contributed by atoms with Crippen molar-refractivity contribution in [1.29, 1.82) is 0 Å². The van der Waals surface area contributed by atoms with Crippen LogP contribution in [0.15, 0.2) is 6.33 Å². The van der Waals surface area contributed by atoms with Crippen molar-refractivity contribution in [3.8, 4) is 5.88 Å². The van der Waals surface area contributed by atoms with Gasteiger partial charge in [0.25, 0.3) is 0 Å². The van der Waals surface area contributed by atoms with E-state index in [0.29, 0.717) is 11.2 Å². The number of nitrogens with zero attached hydrogens (tertiary/aromatic N) is 4. The van der Waals surface area contributed by atoms with Crippen molar-refractivity contribution in [2.24, 2.45) is 0 Å². The number of hydrogen-bond donors (Lipinski definition) is 3. The number of imidazole rings is 1. The number of carbonyl (C=O) groups excluding carboxylic acids is 2. The molecule has 0 aliphatic rings. The molecule has 0 radical (unpaired) electrons. The lowest BCUT2D eigenvalue weighted by molar-refractivity contribution is -0.122. The van der Waals surface area contributed by atoms with Gasteiger partial charge in [0.1, 0.15) is 12.1 Å². The SMILES string of the molecule is COc1nc(N)nc2c1ncn2CC(=O)N[C@H](CNC(=O)OC(C)(C)C)CO[Si](C)(C)C(C)(C)C. The van der Waals surface area contributed by atoms with Crippen LogP contribution in [0.5, 0.6) is 5.88 Å². The zero-order valence-corrected chi connectivity index (χ0v) is 23.2. The molecule has 2 rings (SSSR count). The standard InChI is InChI=1S/C22H39N7O5Si/c1-21(2,3)34-20(31)24-10-14(12-33-35(8,9)22(4,5)6)26-15(30)11-29-13-25-16-17(29)27-19(23)28-18(16)32-7/h13-14H,10-12H2,1-9H3,(H,24,31)(H,26,30)(H2,23,27,28)/t14-/m1/s1. The predicted molar refractivity (Wildman–Crippen MR) is 136 cm³/mol. The van der Waals surface area contributed by atoms with Crippen LogP contribution in [0.4, 0.5) is 10.7 Å². The van der Waals surface area contributed by atoms with E-state index in [2.05, 4.69) is 59.5 Å². The van der Waals surface area contributed by atoms with Gasteiger partial charge in [-0.05, 0) is 38.9 Å². The number of anilines is 1. The molecule has 2 amide bonds. The molecule has 0 aliphatic heterocycles. The molecule has 0 saturated carbocycles. The summed E-state index contributed by atoms with van der Waals surface area (Å²) in [5.41, 5.74) is 5.91. The number of nitrogen functional groups attached to an aromatic ring is 1. The third-order valence-electron chi connectivity index (χ3n) is 5.66. The van der Waals surface area contributed by atoms with Crippen molar-refractivity contribution in [3.63, 3.8) is 0 Å². The van der Waals surface area contributed by atoms with Crippen LogP contribution in [0, 0.1) is 0 Å². The molecule has 1 atom stereocenters. The topological polar surface area (TPSA) is 156 Å². The van der Waals surface area contributed by atoms with Crippen molar-refractivity contribution in [2.45, 2.75) is 77.9 Å². The number of aromatic nitrogens is 4. The summed E-state index contributed by atoms with van der Waals surface area (Å²) in [7, 11) is -0.629. The Morgan fingerprint density at radius 3 is 2.40 bits per heavy atom. The highest BCUT2D eigenvalue weighted by molar-refractivity contribution is 6.74. The number of hydrogen-bond acceptors (Lipinski definition) is 9. The largest absolute Gasteiger partial charge is 0.479 e. The number of methoxy groups -OCH3 is 1. The molecule has 2 heterocycles. The number of fused-ring (bicyclic) bond motifs is 1. The third-order valence-corrected chi connectivity index (χ3v) is 10.2. The number of nitrogens with one attached hydrogen (secondary N) is 2. The molecule has 2 aromatic rings. The van der Waals surface area contributed by atoms with Gasteiger partial charge >= 0.3 is 6.09 Å². The van der Waals surface area contributed by atoms with Crippen LogP contribution in [0.1, 0.15) is 41.5 Å². The Bertz CT molecular complexity index is 1040. The fraction of sp³-hybridized carbons (Fsp3) is 0.682. The molecule has 0 fully saturated rings. The number of amides is 2. The molecule has 12 nitrogen and oxygen atoms in total. The lowest BCUT2D eigenvalue weighted by Gasteiger charge is -2.37. The van der Waals surface area contributed by atoms with E-state index in [0.717, 1.165) is 0 Å². The zero-order chi connectivity index (χ0) is 26.6. The highest BCUT2D eigenvalue weighted by Gasteiger charge is 2.37. The Balaban J connectivity index is 2.14. The van der Waals surface area contributed by atoms with Gasteiger partial charge in [0, 0.05) is 6.54 Å². The molecule has 2 aromatic heterocycles. The Morgan fingerprint density at radius 1 is 1.17 bits per heavy atom. The van der Waals surface area contributed by atoms with E-state index in [9.17, 15) is 9.59 Å². The first-order valence-corrected chi connectivity index (χ1v) is 14.4. The van der Waals surface area contributed by atoms with Crippen LogP contribution < -0.4 is 21.1 Å². The number of nitrogens with two attached hydrogens (primary N) is 1. The first kappa shape index (κ1) is 28.3. The molecule has 0 bridgehead atoms. The van der Waals surface area contributed by atoms with Crippen LogP contribution >= 0.6 is 0 Å². The van der Waals surface area contributed by atoms with Crippen LogP contribution in [0.25, 0.3) is 11.2 Å². The normalized spacial score (nSPS) is 13.4. The number of rotatable bonds is 9. The molecule has 35 heavy (non-hydrogen) atoms. The quantitative estimate of drug-likeness (QED) is 0.432. The number of alkyl carbamates (subject to hydrolysis) is 1. The highest BCUT2D eigenvalue weighted by atomic mass is 28.4. The molecular weight excluding hydrogens is 470 g/mol. The summed E-state index contributed by atoms with van der Waals surface area (Å²) in [6, 6.07) is -0.479. The van der Waals surface area contributed by atoms with Crippen molar-refractivity contribution in [3.05, 3.63) is 6.33 Å². The second-order valence-electron chi connectivity index (χ2n) is 10.9. The Hall–Kier alpha value is -2.93. The smallest absolute Gasteiger partial charge is 0.407 e. The van der Waals surface area contributed by atoms with E-state index in [1.807, 2.05) is 0 Å². The summed E-state index contributed by atoms with van der Waals surface area (Å²) in [6.07, 6.45) is 0.907. The van der Waals surface area contributed by atoms with Crippen LogP contribution in [0.3, 0.4) is 0 Å².